The molecular formula is C78H122F8N12O14. The second kappa shape index (κ2) is 39.6. The molecule has 0 aromatic carbocycles. The Kier molecular flexibility index (Phi) is 32.0. The van der Waals surface area contributed by atoms with E-state index in [1.165, 1.54) is 66.8 Å². The molecule has 112 heavy (non-hydrogen) atoms. The highest BCUT2D eigenvalue weighted by atomic mass is 19.4. The van der Waals surface area contributed by atoms with Gasteiger partial charge in [-0.1, -0.05) is 60.3 Å². The minimum atomic E-state index is -5.22. The van der Waals surface area contributed by atoms with Crippen LogP contribution in [-0.4, -0.2) is 301 Å². The largest absolute Gasteiger partial charge is 0.397 e. The maximum Gasteiger partial charge on any atom is 0.397 e. The highest BCUT2D eigenvalue weighted by Crippen LogP contribution is 2.46. The van der Waals surface area contributed by atoms with Gasteiger partial charge in [-0.3, -0.25) is 57.5 Å². The number of amides is 12. The van der Waals surface area contributed by atoms with Gasteiger partial charge >= 0.3 is 12.4 Å². The van der Waals surface area contributed by atoms with Crippen molar-refractivity contribution in [3.63, 3.8) is 0 Å². The Balaban J connectivity index is 1.21. The fourth-order valence-corrected chi connectivity index (χ4v) is 18.0. The first-order chi connectivity index (χ1) is 52.7. The standard InChI is InChI=1S/C78H122F8N12O14/c1-12-14-34-112-52-41-58-68(103)89-76(29-19-30-76)75(110)95(11)66(50-20-15-16-21-50)74(109)94(10)59(71(106)96-32-35-111-36-33-96)42-62(100)93(9)57(37-46(3)4)67(102)88-65(47(5)13-2)73(108)91(7)45-63(101)92(8)56-22-17-18-31-97(72(56)107)60(40-48-23-26-51(27-24-48)77(81,82)83)70(105)90(6)44-61(99)87-55(69(104)98(58)43-52)28-25-49-38-53(79)64(54(80)39-49)78(84,85)86/h46-60,64-66H,12-45H2,1-11H3,(H,87,99)(H,88,102)(H,89,103)/t47-,48?,49?,51?,52+,53?,54?,55-,56-,57-,58-,59-,60-,64?,65-,66-/m0/s1. The van der Waals surface area contributed by atoms with Crippen LogP contribution in [0.2, 0.25) is 0 Å². The summed E-state index contributed by atoms with van der Waals surface area (Å²) >= 11 is 0. The zero-order chi connectivity index (χ0) is 82.6. The smallest absolute Gasteiger partial charge is 0.378 e. The van der Waals surface area contributed by atoms with Crippen molar-refractivity contribution >= 4 is 70.9 Å². The Bertz CT molecular complexity index is 3280. The average Bonchev–Trinajstić information content (AvgIpc) is 1.15. The van der Waals surface area contributed by atoms with Crippen molar-refractivity contribution in [2.75, 3.05) is 101 Å². The summed E-state index contributed by atoms with van der Waals surface area (Å²) in [4.78, 5) is 194. The molecule has 3 N–H and O–H groups in total. The normalized spacial score (nSPS) is 31.9. The minimum absolute atomic E-state index is 0.00795. The summed E-state index contributed by atoms with van der Waals surface area (Å²) in [7, 11) is 8.11. The van der Waals surface area contributed by atoms with Gasteiger partial charge in [0.1, 0.15) is 72.1 Å². The molecule has 4 saturated carbocycles. The molecule has 8 rings (SSSR count). The second-order valence-corrected chi connectivity index (χ2v) is 33.6. The number of nitrogens with one attached hydrogen (secondary N) is 3. The van der Waals surface area contributed by atoms with E-state index in [0.29, 0.717) is 57.8 Å². The van der Waals surface area contributed by atoms with E-state index in [1.54, 1.807) is 13.8 Å². The lowest BCUT2D eigenvalue weighted by Crippen LogP contribution is -2.68. The van der Waals surface area contributed by atoms with Gasteiger partial charge in [0.25, 0.3) is 0 Å². The van der Waals surface area contributed by atoms with Gasteiger partial charge in [-0.25, -0.2) is 8.78 Å². The Morgan fingerprint density at radius 3 is 1.81 bits per heavy atom. The fraction of sp³-hybridized carbons (Fsp3) is 0.846. The van der Waals surface area contributed by atoms with Gasteiger partial charge in [0.2, 0.25) is 70.9 Å². The zero-order valence-corrected chi connectivity index (χ0v) is 67.2. The quantitative estimate of drug-likeness (QED) is 0.113. The van der Waals surface area contributed by atoms with Gasteiger partial charge in [0.15, 0.2) is 0 Å². The first-order valence-electron chi connectivity index (χ1n) is 40.7. The van der Waals surface area contributed by atoms with Gasteiger partial charge in [-0.2, -0.15) is 26.3 Å². The van der Waals surface area contributed by atoms with Crippen molar-refractivity contribution < 1.29 is 102 Å². The summed E-state index contributed by atoms with van der Waals surface area (Å²) in [6.45, 7) is 7.89. The van der Waals surface area contributed by atoms with Crippen molar-refractivity contribution in [3.8, 4) is 0 Å². The molecule has 2 bridgehead atoms. The number of ether oxygens (including phenoxy) is 2. The predicted molar refractivity (Wildman–Crippen MR) is 395 cm³/mol. The Morgan fingerprint density at radius 2 is 1.23 bits per heavy atom. The van der Waals surface area contributed by atoms with E-state index in [9.17, 15) is 40.7 Å². The monoisotopic (exact) mass is 1600 g/mol. The molecule has 1 spiro atoms. The van der Waals surface area contributed by atoms with Gasteiger partial charge in [0.05, 0.1) is 44.7 Å². The first kappa shape index (κ1) is 90.5. The number of hydrogen-bond acceptors (Lipinski definition) is 14. The van der Waals surface area contributed by atoms with E-state index in [4.69, 9.17) is 9.47 Å². The second-order valence-electron chi connectivity index (χ2n) is 33.6. The van der Waals surface area contributed by atoms with Crippen LogP contribution in [0.3, 0.4) is 0 Å². The van der Waals surface area contributed by atoms with Crippen LogP contribution in [-0.2, 0) is 67.0 Å². The van der Waals surface area contributed by atoms with Crippen LogP contribution < -0.4 is 16.0 Å². The summed E-state index contributed by atoms with van der Waals surface area (Å²) in [6.07, 6.45) is -14.6. The van der Waals surface area contributed by atoms with Gasteiger partial charge in [0, 0.05) is 81.5 Å². The predicted octanol–water partition coefficient (Wildman–Crippen LogP) is 6.74. The van der Waals surface area contributed by atoms with E-state index in [2.05, 4.69) is 16.0 Å². The maximum atomic E-state index is 15.8. The fourth-order valence-electron chi connectivity index (χ4n) is 18.0. The molecular weight excluding hydrogens is 1480 g/mol. The number of alkyl halides is 8. The molecule has 4 heterocycles. The summed E-state index contributed by atoms with van der Waals surface area (Å²) < 4.78 is 127. The number of halogens is 8. The number of carbonyl (C=O) groups is 12. The third-order valence-electron chi connectivity index (χ3n) is 25.3. The van der Waals surface area contributed by atoms with Crippen LogP contribution in [0, 0.1) is 41.4 Å². The minimum Gasteiger partial charge on any atom is -0.378 e. The molecule has 8 fully saturated rings. The highest BCUT2D eigenvalue weighted by molar-refractivity contribution is 6.01. The third kappa shape index (κ3) is 22.1. The molecule has 26 nitrogen and oxygen atoms in total. The zero-order valence-electron chi connectivity index (χ0n) is 67.2. The molecule has 0 radical (unpaired) electrons. The molecule has 0 aromatic heterocycles. The number of rotatable bonds is 15. The Hall–Kier alpha value is -7.00. The lowest BCUT2D eigenvalue weighted by atomic mass is 9.74. The molecule has 12 amide bonds. The molecule has 12 atom stereocenters. The molecule has 2 unspecified atom stereocenters. The Labute approximate surface area is 653 Å². The van der Waals surface area contributed by atoms with Crippen molar-refractivity contribution in [1.29, 1.82) is 0 Å². The molecule has 4 aliphatic carbocycles. The number of unbranched alkanes of at least 4 members (excludes halogenated alkanes) is 1. The molecule has 634 valence electrons. The van der Waals surface area contributed by atoms with E-state index in [1.807, 2.05) is 20.8 Å². The number of morpholine rings is 1. The SMILES string of the molecule is CCCCO[C@@H]1C[C@H]2C(=O)NC3(CCC3)C(=O)N(C)[C@@H](C3CCCC3)C(=O)N(C)[C@H](C(=O)N3CCOCC3)CC(=O)N(C)[C@@H](CC(C)C)C(=O)N[C@@H]([C@@H](C)CC)C(=O)N(C)CC(=O)N(C)[C@H]3CCCCN(C3=O)[C@@H](CC3CCC(C(F)(F)F)CC3)C(=O)N(C)CC(=O)N[C@@H](CCC3CC(F)C(C(F)(F)F)C(F)C3)C(=O)N2C1. The third-order valence-corrected chi connectivity index (χ3v) is 25.3. The molecule has 8 aliphatic rings. The number of nitrogens with zero attached hydrogens (tertiary/aromatic N) is 9. The maximum absolute atomic E-state index is 15.8. The van der Waals surface area contributed by atoms with Gasteiger partial charge in [-0.05, 0) is 152 Å². The van der Waals surface area contributed by atoms with E-state index >= 15 is 51.9 Å². The number of likely N-dealkylation sites (N-methyl/N-ethyl adjacent to an activating group) is 6. The number of fused-ring (bicyclic) bond motifs is 3. The van der Waals surface area contributed by atoms with Crippen LogP contribution in [0.5, 0.6) is 0 Å². The van der Waals surface area contributed by atoms with Crippen molar-refractivity contribution in [2.24, 2.45) is 41.4 Å². The van der Waals surface area contributed by atoms with Gasteiger partial charge < -0.3 is 69.5 Å². The summed E-state index contributed by atoms with van der Waals surface area (Å²) in [5.41, 5.74) is -1.70. The van der Waals surface area contributed by atoms with Gasteiger partial charge in [-0.15, -0.1) is 0 Å². The van der Waals surface area contributed by atoms with E-state index in [-0.39, 0.29) is 129 Å². The highest BCUT2D eigenvalue weighted by Gasteiger charge is 2.56. The summed E-state index contributed by atoms with van der Waals surface area (Å²) in [5.74, 6) is -16.8. The number of hydrogen-bond donors (Lipinski definition) is 3. The van der Waals surface area contributed by atoms with Crippen LogP contribution in [0.15, 0.2) is 0 Å². The Morgan fingerprint density at radius 1 is 0.607 bits per heavy atom. The van der Waals surface area contributed by atoms with Crippen molar-refractivity contribution in [2.45, 2.75) is 280 Å². The molecule has 4 aliphatic heterocycles. The van der Waals surface area contributed by atoms with Crippen molar-refractivity contribution in [3.05, 3.63) is 0 Å². The summed E-state index contributed by atoms with van der Waals surface area (Å²) in [5, 5.41) is 8.50. The average molecular weight is 1600 g/mol. The van der Waals surface area contributed by atoms with E-state index < -0.39 is 230 Å². The van der Waals surface area contributed by atoms with Crippen LogP contribution in [0.4, 0.5) is 35.1 Å². The molecule has 4 saturated heterocycles. The van der Waals surface area contributed by atoms with Crippen LogP contribution in [0.25, 0.3) is 0 Å². The topological polar surface area (TPSA) is 289 Å². The lowest BCUT2D eigenvalue weighted by Gasteiger charge is -2.47. The van der Waals surface area contributed by atoms with E-state index in [0.717, 1.165) is 19.6 Å². The number of carbonyl (C=O) groups excluding carboxylic acids is 12. The molecule has 34 heteroatoms. The van der Waals surface area contributed by atoms with Crippen LogP contribution >= 0.6 is 0 Å². The first-order valence-corrected chi connectivity index (χ1v) is 40.7. The van der Waals surface area contributed by atoms with Crippen LogP contribution in [0.1, 0.15) is 195 Å². The van der Waals surface area contributed by atoms with Crippen molar-refractivity contribution in [1.82, 2.24) is 60.0 Å². The molecule has 0 aromatic rings. The lowest BCUT2D eigenvalue weighted by molar-refractivity contribution is -0.219. The summed E-state index contributed by atoms with van der Waals surface area (Å²) in [6, 6.07) is -11.3.